The van der Waals surface area contributed by atoms with E-state index in [1.54, 1.807) is 7.11 Å². The minimum Gasteiger partial charge on any atom is -0.496 e. The number of piperidine rings is 1. The van der Waals surface area contributed by atoms with Crippen LogP contribution in [0.2, 0.25) is 0 Å². The van der Waals surface area contributed by atoms with Gasteiger partial charge in [-0.25, -0.2) is 0 Å². The van der Waals surface area contributed by atoms with Gasteiger partial charge in [-0.05, 0) is 37.4 Å². The predicted molar refractivity (Wildman–Crippen MR) is 104 cm³/mol. The molecule has 2 atom stereocenters. The molecule has 3 saturated heterocycles. The third kappa shape index (κ3) is 3.58. The van der Waals surface area contributed by atoms with E-state index in [1.807, 2.05) is 36.2 Å². The summed E-state index contributed by atoms with van der Waals surface area (Å²) < 4.78 is 11.3. The van der Waals surface area contributed by atoms with Crippen molar-refractivity contribution >= 4 is 5.91 Å². The molecule has 0 bridgehead atoms. The highest BCUT2D eigenvalue weighted by Gasteiger charge is 2.55. The van der Waals surface area contributed by atoms with E-state index >= 15 is 0 Å². The highest BCUT2D eigenvalue weighted by atomic mass is 16.5. The maximum Gasteiger partial charge on any atom is 0.236 e. The summed E-state index contributed by atoms with van der Waals surface area (Å²) in [4.78, 5) is 17.2. The molecule has 0 aromatic heterocycles. The first kappa shape index (κ1) is 18.7. The molecule has 1 N–H and O–H groups in total. The average Bonchev–Trinajstić information content (AvgIpc) is 3.27. The Balaban J connectivity index is 1.41. The Morgan fingerprint density at radius 3 is 2.89 bits per heavy atom. The Bertz CT molecular complexity index is 674. The quantitative estimate of drug-likeness (QED) is 0.845. The number of methoxy groups -OCH3 is 1. The molecule has 4 rings (SSSR count). The second kappa shape index (κ2) is 7.78. The Morgan fingerprint density at radius 2 is 2.11 bits per heavy atom. The number of rotatable bonds is 5. The normalized spacial score (nSPS) is 26.9. The number of hydrogen-bond acceptors (Lipinski definition) is 5. The zero-order valence-electron chi connectivity index (χ0n) is 16.4. The van der Waals surface area contributed by atoms with Gasteiger partial charge in [0.1, 0.15) is 5.75 Å². The Morgan fingerprint density at radius 1 is 1.33 bits per heavy atom. The lowest BCUT2D eigenvalue weighted by atomic mass is 9.70. The Kier molecular flexibility index (Phi) is 5.39. The topological polar surface area (TPSA) is 54.0 Å². The molecule has 27 heavy (non-hydrogen) atoms. The molecule has 1 aromatic carbocycles. The molecule has 3 heterocycles. The van der Waals surface area contributed by atoms with Crippen molar-refractivity contribution in [3.63, 3.8) is 0 Å². The summed E-state index contributed by atoms with van der Waals surface area (Å²) in [6.45, 7) is 5.86. The first-order valence-electron chi connectivity index (χ1n) is 10.0. The molecule has 3 fully saturated rings. The molecular weight excluding hydrogens is 342 g/mol. The molecule has 6 nitrogen and oxygen atoms in total. The van der Waals surface area contributed by atoms with Crippen LogP contribution in [-0.2, 0) is 16.1 Å². The van der Waals surface area contributed by atoms with Crippen LogP contribution < -0.4 is 10.1 Å². The molecule has 3 aliphatic rings. The second-order valence-corrected chi connectivity index (χ2v) is 8.29. The number of hydrogen-bond donors (Lipinski definition) is 1. The van der Waals surface area contributed by atoms with Gasteiger partial charge in [0.05, 0.1) is 26.9 Å². The van der Waals surface area contributed by atoms with E-state index in [0.717, 1.165) is 44.2 Å². The minimum atomic E-state index is 0.164. The number of likely N-dealkylation sites (tertiary alicyclic amines) is 1. The molecule has 0 radical (unpaired) electrons. The first-order valence-corrected chi connectivity index (χ1v) is 10.0. The largest absolute Gasteiger partial charge is 0.496 e. The molecule has 1 spiro atoms. The molecule has 1 amide bonds. The Hall–Kier alpha value is -1.63. The highest BCUT2D eigenvalue weighted by Crippen LogP contribution is 2.49. The van der Waals surface area contributed by atoms with Crippen LogP contribution in [0.4, 0.5) is 0 Å². The van der Waals surface area contributed by atoms with Gasteiger partial charge in [-0.3, -0.25) is 9.69 Å². The molecular formula is C21H31N3O3. The van der Waals surface area contributed by atoms with Crippen molar-refractivity contribution in [1.82, 2.24) is 15.1 Å². The molecule has 0 unspecified atom stereocenters. The third-order valence-electron chi connectivity index (χ3n) is 6.79. The fraction of sp³-hybridized carbons (Fsp3) is 0.667. The number of carbonyl (C=O) groups excluding carboxylic acids is 1. The average molecular weight is 373 g/mol. The van der Waals surface area contributed by atoms with Gasteiger partial charge >= 0.3 is 0 Å². The monoisotopic (exact) mass is 373 g/mol. The van der Waals surface area contributed by atoms with Crippen LogP contribution >= 0.6 is 0 Å². The zero-order valence-corrected chi connectivity index (χ0v) is 16.4. The maximum absolute atomic E-state index is 13.0. The van der Waals surface area contributed by atoms with Crippen LogP contribution in [0.5, 0.6) is 5.75 Å². The van der Waals surface area contributed by atoms with E-state index in [4.69, 9.17) is 9.47 Å². The van der Waals surface area contributed by atoms with Gasteiger partial charge < -0.3 is 19.7 Å². The lowest BCUT2D eigenvalue weighted by Crippen LogP contribution is -2.43. The molecule has 0 saturated carbocycles. The standard InChI is InChI=1S/C21H31N3O3/c1-23(11-16-5-3-4-6-19(16)26-2)20(25)12-24-15-21(7-9-22-10-8-21)17-13-27-14-18(17)24/h3-6,17-18,22H,7-15H2,1-2H3/t17-,18+/m0/s1. The van der Waals surface area contributed by atoms with Crippen LogP contribution in [0.3, 0.4) is 0 Å². The number of amides is 1. The van der Waals surface area contributed by atoms with Gasteiger partial charge in [0, 0.05) is 37.7 Å². The molecule has 1 aromatic rings. The van der Waals surface area contributed by atoms with Crippen LogP contribution in [0, 0.1) is 11.3 Å². The van der Waals surface area contributed by atoms with Crippen molar-refractivity contribution in [3.05, 3.63) is 29.8 Å². The van der Waals surface area contributed by atoms with Crippen molar-refractivity contribution in [1.29, 1.82) is 0 Å². The minimum absolute atomic E-state index is 0.164. The number of fused-ring (bicyclic) bond motifs is 2. The van der Waals surface area contributed by atoms with E-state index in [2.05, 4.69) is 10.2 Å². The molecule has 3 aliphatic heterocycles. The van der Waals surface area contributed by atoms with Gasteiger partial charge in [-0.15, -0.1) is 0 Å². The second-order valence-electron chi connectivity index (χ2n) is 8.29. The summed E-state index contributed by atoms with van der Waals surface area (Å²) in [5.74, 6) is 1.57. The predicted octanol–water partition coefficient (Wildman–Crippen LogP) is 1.35. The summed E-state index contributed by atoms with van der Waals surface area (Å²) in [6.07, 6.45) is 2.39. The third-order valence-corrected chi connectivity index (χ3v) is 6.79. The van der Waals surface area contributed by atoms with Crippen LogP contribution in [0.15, 0.2) is 24.3 Å². The molecule has 148 valence electrons. The number of benzene rings is 1. The Labute approximate surface area is 161 Å². The lowest BCUT2D eigenvalue weighted by Gasteiger charge is -2.38. The smallest absolute Gasteiger partial charge is 0.236 e. The van der Waals surface area contributed by atoms with Gasteiger partial charge in [0.2, 0.25) is 5.91 Å². The maximum atomic E-state index is 13.0. The van der Waals surface area contributed by atoms with E-state index in [-0.39, 0.29) is 5.91 Å². The van der Waals surface area contributed by atoms with Gasteiger partial charge in [0.15, 0.2) is 0 Å². The summed E-state index contributed by atoms with van der Waals surface area (Å²) >= 11 is 0. The SMILES string of the molecule is COc1ccccc1CN(C)C(=O)CN1CC2(CCNCC2)[C@H]2COC[C@H]21. The van der Waals surface area contributed by atoms with Crippen molar-refractivity contribution in [2.75, 3.05) is 53.6 Å². The van der Waals surface area contributed by atoms with E-state index in [9.17, 15) is 4.79 Å². The van der Waals surface area contributed by atoms with Gasteiger partial charge in [-0.1, -0.05) is 18.2 Å². The van der Waals surface area contributed by atoms with Gasteiger partial charge in [-0.2, -0.15) is 0 Å². The van der Waals surface area contributed by atoms with Crippen LogP contribution in [-0.4, -0.2) is 75.3 Å². The van der Waals surface area contributed by atoms with Crippen molar-refractivity contribution < 1.29 is 14.3 Å². The highest BCUT2D eigenvalue weighted by molar-refractivity contribution is 5.78. The summed E-state index contributed by atoms with van der Waals surface area (Å²) in [5.41, 5.74) is 1.36. The van der Waals surface area contributed by atoms with Crippen molar-refractivity contribution in [2.45, 2.75) is 25.4 Å². The lowest BCUT2D eigenvalue weighted by molar-refractivity contribution is -0.132. The number of ether oxygens (including phenoxy) is 2. The molecule has 6 heteroatoms. The number of nitrogens with one attached hydrogen (secondary N) is 1. The van der Waals surface area contributed by atoms with E-state index < -0.39 is 0 Å². The summed E-state index contributed by atoms with van der Waals surface area (Å²) in [6, 6.07) is 8.29. The summed E-state index contributed by atoms with van der Waals surface area (Å²) in [5, 5.41) is 3.48. The fourth-order valence-electron chi connectivity index (χ4n) is 5.23. The first-order chi connectivity index (χ1) is 13.1. The van der Waals surface area contributed by atoms with E-state index in [0.29, 0.717) is 30.5 Å². The fourth-order valence-corrected chi connectivity index (χ4v) is 5.23. The number of carbonyl (C=O) groups is 1. The summed E-state index contributed by atoms with van der Waals surface area (Å²) in [7, 11) is 3.55. The molecule has 0 aliphatic carbocycles. The van der Waals surface area contributed by atoms with Crippen LogP contribution in [0.25, 0.3) is 0 Å². The van der Waals surface area contributed by atoms with E-state index in [1.165, 1.54) is 12.8 Å². The zero-order chi connectivity index (χ0) is 18.9. The number of likely N-dealkylation sites (N-methyl/N-ethyl adjacent to an activating group) is 1. The van der Waals surface area contributed by atoms with Crippen molar-refractivity contribution in [3.8, 4) is 5.75 Å². The number of nitrogens with zero attached hydrogens (tertiary/aromatic N) is 2. The van der Waals surface area contributed by atoms with Crippen molar-refractivity contribution in [2.24, 2.45) is 11.3 Å². The van der Waals surface area contributed by atoms with Crippen LogP contribution in [0.1, 0.15) is 18.4 Å². The number of para-hydroxylation sites is 1. The van der Waals surface area contributed by atoms with Gasteiger partial charge in [0.25, 0.3) is 0 Å².